The molecule has 2 fully saturated rings. The molecule has 1 saturated carbocycles. The number of hydrogen-bond acceptors (Lipinski definition) is 15. The Labute approximate surface area is 483 Å². The van der Waals surface area contributed by atoms with Gasteiger partial charge in [-0.15, -0.1) is 0 Å². The SMILES string of the molecule is Cn1cc(-c2ccc(N(C(=O)NCc3ccc(OCCOCCCCOCCCCOCCCCCNC(=O)COc4cccc5c4C(=O)N(C4CCC(=O)NC4=O)C5=O)cc3)[C@H]3CC[C@H](Nc4ccc(C#N)cn4)CC3)cc2)ccc1=O. The first-order valence-corrected chi connectivity index (χ1v) is 28.6. The fourth-order valence-electron chi connectivity index (χ4n) is 10.1. The molecule has 2 aromatic heterocycles. The van der Waals surface area contributed by atoms with Crippen LogP contribution in [0.4, 0.5) is 16.3 Å². The number of pyridine rings is 2. The monoisotopic (exact) mass is 1140 g/mol. The zero-order valence-electron chi connectivity index (χ0n) is 46.9. The van der Waals surface area contributed by atoms with Gasteiger partial charge >= 0.3 is 6.03 Å². The predicted molar refractivity (Wildman–Crippen MR) is 309 cm³/mol. The summed E-state index contributed by atoms with van der Waals surface area (Å²) in [4.78, 5) is 95.9. The molecule has 5 aromatic rings. The van der Waals surface area contributed by atoms with Gasteiger partial charge in [0.15, 0.2) is 6.61 Å². The van der Waals surface area contributed by atoms with Crippen LogP contribution in [0, 0.1) is 11.3 Å². The molecule has 3 aromatic carbocycles. The third kappa shape index (κ3) is 17.5. The zero-order chi connectivity index (χ0) is 58.3. The lowest BCUT2D eigenvalue weighted by Crippen LogP contribution is -2.54. The molecular formula is C62H73N9O12. The first kappa shape index (κ1) is 60.6. The van der Waals surface area contributed by atoms with Gasteiger partial charge in [-0.1, -0.05) is 30.3 Å². The average molecular weight is 1140 g/mol. The van der Waals surface area contributed by atoms with Gasteiger partial charge in [-0.05, 0) is 148 Å². The highest BCUT2D eigenvalue weighted by atomic mass is 16.5. The minimum Gasteiger partial charge on any atom is -0.491 e. The van der Waals surface area contributed by atoms with E-state index in [0.717, 1.165) is 104 Å². The lowest BCUT2D eigenvalue weighted by atomic mass is 9.89. The first-order chi connectivity index (χ1) is 40.4. The number of carbonyl (C=O) groups excluding carboxylic acids is 6. The third-order valence-corrected chi connectivity index (χ3v) is 14.7. The Kier molecular flexibility index (Phi) is 22.7. The molecule has 83 heavy (non-hydrogen) atoms. The molecule has 0 radical (unpaired) electrons. The summed E-state index contributed by atoms with van der Waals surface area (Å²) in [5, 5.41) is 20.8. The van der Waals surface area contributed by atoms with Crippen molar-refractivity contribution in [3.05, 3.63) is 136 Å². The smallest absolute Gasteiger partial charge is 0.322 e. The topological polar surface area (TPSA) is 262 Å². The van der Waals surface area contributed by atoms with Crippen molar-refractivity contribution in [2.45, 2.75) is 108 Å². The summed E-state index contributed by atoms with van der Waals surface area (Å²) in [5.74, 6) is -1.35. The number of aromatic nitrogens is 2. The van der Waals surface area contributed by atoms with Crippen molar-refractivity contribution < 1.29 is 52.5 Å². The molecule has 1 atom stereocenters. The van der Waals surface area contributed by atoms with Crippen LogP contribution < -0.4 is 41.2 Å². The molecule has 8 rings (SSSR count). The number of amides is 7. The van der Waals surface area contributed by atoms with Crippen molar-refractivity contribution in [3.8, 4) is 28.7 Å². The summed E-state index contributed by atoms with van der Waals surface area (Å²) < 4.78 is 30.4. The maximum atomic E-state index is 14.1. The number of carbonyl (C=O) groups is 6. The van der Waals surface area contributed by atoms with Gasteiger partial charge in [-0.2, -0.15) is 5.26 Å². The van der Waals surface area contributed by atoms with Gasteiger partial charge in [-0.25, -0.2) is 9.78 Å². The predicted octanol–water partition coefficient (Wildman–Crippen LogP) is 7.21. The molecule has 438 valence electrons. The molecule has 4 N–H and O–H groups in total. The molecule has 21 nitrogen and oxygen atoms in total. The molecule has 0 bridgehead atoms. The Hall–Kier alpha value is -8.45. The van der Waals surface area contributed by atoms with E-state index in [1.54, 1.807) is 48.3 Å². The number of nitrogens with one attached hydrogen (secondary N) is 4. The molecule has 3 aliphatic rings. The number of ether oxygens (including phenoxy) is 5. The quantitative estimate of drug-likeness (QED) is 0.0252. The summed E-state index contributed by atoms with van der Waals surface area (Å²) in [6, 6.07) is 28.0. The fourth-order valence-corrected chi connectivity index (χ4v) is 10.1. The van der Waals surface area contributed by atoms with E-state index >= 15 is 0 Å². The number of imide groups is 2. The highest BCUT2D eigenvalue weighted by molar-refractivity contribution is 6.24. The van der Waals surface area contributed by atoms with Crippen molar-refractivity contribution in [1.82, 2.24) is 30.4 Å². The summed E-state index contributed by atoms with van der Waals surface area (Å²) in [7, 11) is 1.73. The van der Waals surface area contributed by atoms with Gasteiger partial charge in [0.2, 0.25) is 17.4 Å². The number of anilines is 2. The number of aryl methyl sites for hydroxylation is 1. The van der Waals surface area contributed by atoms with Gasteiger partial charge in [0.05, 0.1) is 23.3 Å². The van der Waals surface area contributed by atoms with E-state index < -0.39 is 29.7 Å². The normalized spacial score (nSPS) is 16.6. The highest BCUT2D eigenvalue weighted by Crippen LogP contribution is 2.34. The van der Waals surface area contributed by atoms with Crippen LogP contribution in [0.2, 0.25) is 0 Å². The van der Waals surface area contributed by atoms with E-state index in [1.165, 1.54) is 12.1 Å². The number of hydrogen-bond donors (Lipinski definition) is 4. The van der Waals surface area contributed by atoms with Gasteiger partial charge in [0.1, 0.15) is 36.0 Å². The Morgan fingerprint density at radius 2 is 1.40 bits per heavy atom. The second-order valence-corrected chi connectivity index (χ2v) is 20.7. The lowest BCUT2D eigenvalue weighted by Gasteiger charge is -2.37. The second-order valence-electron chi connectivity index (χ2n) is 20.7. The number of piperidine rings is 1. The van der Waals surface area contributed by atoms with E-state index in [4.69, 9.17) is 28.9 Å². The van der Waals surface area contributed by atoms with Crippen LogP contribution in [0.5, 0.6) is 11.5 Å². The number of nitriles is 1. The van der Waals surface area contributed by atoms with E-state index in [0.29, 0.717) is 70.7 Å². The number of nitrogens with zero attached hydrogens (tertiary/aromatic N) is 5. The molecular weight excluding hydrogens is 1060 g/mol. The van der Waals surface area contributed by atoms with Crippen LogP contribution in [0.1, 0.15) is 115 Å². The molecule has 4 heterocycles. The van der Waals surface area contributed by atoms with Crippen molar-refractivity contribution >= 4 is 47.1 Å². The van der Waals surface area contributed by atoms with E-state index in [1.807, 2.05) is 59.5 Å². The van der Waals surface area contributed by atoms with Crippen LogP contribution in [-0.2, 0) is 42.2 Å². The van der Waals surface area contributed by atoms with E-state index in [-0.39, 0.29) is 65.9 Å². The summed E-state index contributed by atoms with van der Waals surface area (Å²) in [6.45, 7) is 4.54. The molecule has 1 saturated heterocycles. The Bertz CT molecular complexity index is 3100. The third-order valence-electron chi connectivity index (χ3n) is 14.7. The molecule has 7 amide bonds. The van der Waals surface area contributed by atoms with Gasteiger partial charge < -0.3 is 44.2 Å². The van der Waals surface area contributed by atoms with Crippen LogP contribution in [0.25, 0.3) is 11.1 Å². The second kappa shape index (κ2) is 31.1. The van der Waals surface area contributed by atoms with Crippen LogP contribution in [0.15, 0.2) is 108 Å². The number of benzene rings is 3. The summed E-state index contributed by atoms with van der Waals surface area (Å²) in [6.07, 6.45) is 12.7. The molecule has 21 heteroatoms. The fraction of sp³-hybridized carbons (Fsp3) is 0.435. The number of rotatable bonds is 31. The van der Waals surface area contributed by atoms with Crippen LogP contribution in [0.3, 0.4) is 0 Å². The minimum atomic E-state index is -1.09. The highest BCUT2D eigenvalue weighted by Gasteiger charge is 2.46. The standard InChI is InChI=1S/C62H73N9O12/c1-69-41-46(17-29-57(69)74)45-15-20-48(21-16-45)70(49-22-18-47(19-23-49)67-54-27-14-44(38-63)40-65-54)62(78)66-39-43-12-24-50(25-13-43)82-37-36-81-35-8-7-34-80-33-6-5-32-79-31-4-2-3-30-64-56(73)42-83-53-11-9-10-51-58(53)61(77)71(60(51)76)52-26-28-55(72)68-59(52)75/h9-17,20-21,24-25,27,29,40-41,47,49,52H,2-8,18-19,22-23,26,28,30-37,39,42H2,1H3,(H,64,73)(H,65,67)(H,66,78)(H,68,72,75)/t47-,49-,52?. The van der Waals surface area contributed by atoms with Crippen molar-refractivity contribution in [3.63, 3.8) is 0 Å². The lowest BCUT2D eigenvalue weighted by molar-refractivity contribution is -0.136. The van der Waals surface area contributed by atoms with E-state index in [9.17, 15) is 33.6 Å². The number of urea groups is 1. The van der Waals surface area contributed by atoms with Crippen LogP contribution in [-0.4, -0.2) is 128 Å². The van der Waals surface area contributed by atoms with Crippen molar-refractivity contribution in [1.29, 1.82) is 5.26 Å². The van der Waals surface area contributed by atoms with Crippen molar-refractivity contribution in [2.24, 2.45) is 7.05 Å². The molecule has 1 unspecified atom stereocenters. The Morgan fingerprint density at radius 1 is 0.711 bits per heavy atom. The van der Waals surface area contributed by atoms with Crippen LogP contribution >= 0.6 is 0 Å². The van der Waals surface area contributed by atoms with Gasteiger partial charge in [0, 0.05) is 95.8 Å². The first-order valence-electron chi connectivity index (χ1n) is 28.6. The molecule has 1 aliphatic carbocycles. The summed E-state index contributed by atoms with van der Waals surface area (Å²) in [5.41, 5.74) is 4.08. The van der Waals surface area contributed by atoms with Gasteiger partial charge in [0.25, 0.3) is 17.7 Å². The zero-order valence-corrected chi connectivity index (χ0v) is 46.9. The van der Waals surface area contributed by atoms with E-state index in [2.05, 4.69) is 32.3 Å². The Morgan fingerprint density at radius 3 is 2.06 bits per heavy atom. The number of fused-ring (bicyclic) bond motifs is 1. The summed E-state index contributed by atoms with van der Waals surface area (Å²) >= 11 is 0. The average Bonchev–Trinajstić information content (AvgIpc) is 4.01. The minimum absolute atomic E-state index is 0.00380. The maximum absolute atomic E-state index is 14.1. The number of unbranched alkanes of at least 4 members (excludes halogenated alkanes) is 4. The largest absolute Gasteiger partial charge is 0.491 e. The van der Waals surface area contributed by atoms with Crippen molar-refractivity contribution in [2.75, 3.05) is 69.6 Å². The van der Waals surface area contributed by atoms with Gasteiger partial charge in [-0.3, -0.25) is 43.9 Å². The Balaban J connectivity index is 0.622. The maximum Gasteiger partial charge on any atom is 0.322 e. The molecule has 2 aliphatic heterocycles. The molecule has 0 spiro atoms.